The van der Waals surface area contributed by atoms with Crippen molar-refractivity contribution in [1.29, 1.82) is 0 Å². The normalized spacial score (nSPS) is 11.4. The second kappa shape index (κ2) is 14.2. The van der Waals surface area contributed by atoms with Crippen LogP contribution in [0, 0.1) is 6.92 Å². The molecule has 0 aliphatic carbocycles. The average molecular weight is 535 g/mol. The van der Waals surface area contributed by atoms with Gasteiger partial charge in [0.2, 0.25) is 0 Å². The van der Waals surface area contributed by atoms with Crippen LogP contribution in [0.3, 0.4) is 0 Å². The highest BCUT2D eigenvalue weighted by molar-refractivity contribution is 7.99. The molecule has 2 aromatic carbocycles. The summed E-state index contributed by atoms with van der Waals surface area (Å²) in [5.41, 5.74) is 5.68. The van der Waals surface area contributed by atoms with E-state index in [0.717, 1.165) is 72.3 Å². The first-order chi connectivity index (χ1) is 18.1. The van der Waals surface area contributed by atoms with Gasteiger partial charge in [0.25, 0.3) is 0 Å². The minimum atomic E-state index is -0.714. The van der Waals surface area contributed by atoms with Crippen molar-refractivity contribution in [2.45, 2.75) is 55.0 Å². The molecule has 0 aliphatic rings. The summed E-state index contributed by atoms with van der Waals surface area (Å²) >= 11 is 3.57. The fraction of sp³-hybridized carbons (Fsp3) is 0.345. The zero-order chi connectivity index (χ0) is 25.9. The number of nitrogens with zero attached hydrogens (tertiary/aromatic N) is 3. The Kier molecular flexibility index (Phi) is 10.5. The van der Waals surface area contributed by atoms with Crippen molar-refractivity contribution in [3.05, 3.63) is 83.7 Å². The fourth-order valence-electron chi connectivity index (χ4n) is 4.19. The van der Waals surface area contributed by atoms with Gasteiger partial charge in [0.15, 0.2) is 5.16 Å². The highest BCUT2D eigenvalue weighted by Gasteiger charge is 2.11. The first kappa shape index (κ1) is 27.2. The summed E-state index contributed by atoms with van der Waals surface area (Å²) in [5.74, 6) is 1.09. The number of carbonyl (C=O) groups is 1. The molecule has 2 heterocycles. The summed E-state index contributed by atoms with van der Waals surface area (Å²) in [4.78, 5) is 27.3. The summed E-state index contributed by atoms with van der Waals surface area (Å²) in [6.45, 7) is 4.97. The molecule has 6 nitrogen and oxygen atoms in total. The second-order valence-corrected chi connectivity index (χ2v) is 11.1. The lowest BCUT2D eigenvalue weighted by Gasteiger charge is -2.22. The van der Waals surface area contributed by atoms with Crippen molar-refractivity contribution in [2.75, 3.05) is 18.8 Å². The number of hydrogen-bond acceptors (Lipinski definition) is 6. The van der Waals surface area contributed by atoms with Crippen molar-refractivity contribution in [1.82, 2.24) is 19.9 Å². The van der Waals surface area contributed by atoms with Crippen LogP contribution in [0.5, 0.6) is 0 Å². The molecule has 0 spiro atoms. The van der Waals surface area contributed by atoms with E-state index in [9.17, 15) is 4.79 Å². The van der Waals surface area contributed by atoms with Crippen LogP contribution in [0.2, 0.25) is 0 Å². The quantitative estimate of drug-likeness (QED) is 0.128. The van der Waals surface area contributed by atoms with E-state index in [0.29, 0.717) is 0 Å². The predicted octanol–water partition coefficient (Wildman–Crippen LogP) is 6.80. The number of rotatable bonds is 15. The van der Waals surface area contributed by atoms with Gasteiger partial charge in [-0.2, -0.15) is 0 Å². The van der Waals surface area contributed by atoms with E-state index in [1.54, 1.807) is 11.8 Å². The molecule has 0 saturated carbocycles. The average Bonchev–Trinajstić information content (AvgIpc) is 3.32. The Hall–Kier alpha value is -2.81. The van der Waals surface area contributed by atoms with E-state index in [-0.39, 0.29) is 6.42 Å². The van der Waals surface area contributed by atoms with E-state index in [1.807, 2.05) is 48.3 Å². The molecule has 0 fully saturated rings. The van der Waals surface area contributed by atoms with Crippen molar-refractivity contribution in [2.24, 2.45) is 0 Å². The number of para-hydroxylation sites is 2. The van der Waals surface area contributed by atoms with Crippen LogP contribution in [0.1, 0.15) is 42.5 Å². The SMILES string of the molecule is Cc1c(SCCCN(CCCCC(=O)O)Cc2ccccc2)ccnc1CSc1nc2ccccc2[nH]1. The third-order valence-electron chi connectivity index (χ3n) is 6.21. The van der Waals surface area contributed by atoms with Crippen LogP contribution < -0.4 is 0 Å². The van der Waals surface area contributed by atoms with Crippen molar-refractivity contribution >= 4 is 40.5 Å². The van der Waals surface area contributed by atoms with Crippen LogP contribution in [0.4, 0.5) is 0 Å². The smallest absolute Gasteiger partial charge is 0.303 e. The summed E-state index contributed by atoms with van der Waals surface area (Å²) in [5, 5.41) is 9.85. The number of nitrogens with one attached hydrogen (secondary N) is 1. The zero-order valence-electron chi connectivity index (χ0n) is 21.2. The van der Waals surface area contributed by atoms with Gasteiger partial charge in [-0.15, -0.1) is 11.8 Å². The number of imidazole rings is 1. The maximum atomic E-state index is 10.9. The number of thioether (sulfide) groups is 2. The first-order valence-electron chi connectivity index (χ1n) is 12.7. The third-order valence-corrected chi connectivity index (χ3v) is 8.34. The van der Waals surface area contributed by atoms with Crippen molar-refractivity contribution in [3.63, 3.8) is 0 Å². The van der Waals surface area contributed by atoms with E-state index < -0.39 is 5.97 Å². The first-order valence-corrected chi connectivity index (χ1v) is 14.7. The number of aromatic amines is 1. The van der Waals surface area contributed by atoms with Gasteiger partial charge in [0.1, 0.15) is 0 Å². The largest absolute Gasteiger partial charge is 0.481 e. The van der Waals surface area contributed by atoms with E-state index in [1.165, 1.54) is 16.0 Å². The highest BCUT2D eigenvalue weighted by Crippen LogP contribution is 2.28. The monoisotopic (exact) mass is 534 g/mol. The summed E-state index contributed by atoms with van der Waals surface area (Å²) in [6.07, 6.45) is 4.85. The molecule has 194 valence electrons. The molecule has 37 heavy (non-hydrogen) atoms. The number of fused-ring (bicyclic) bond motifs is 1. The summed E-state index contributed by atoms with van der Waals surface area (Å²) in [6, 6.07) is 20.7. The van der Waals surface area contributed by atoms with Gasteiger partial charge in [-0.3, -0.25) is 14.7 Å². The van der Waals surface area contributed by atoms with Crippen molar-refractivity contribution < 1.29 is 9.90 Å². The molecule has 2 N–H and O–H groups in total. The molecule has 0 aliphatic heterocycles. The van der Waals surface area contributed by atoms with Gasteiger partial charge >= 0.3 is 5.97 Å². The Morgan fingerprint density at radius 3 is 2.57 bits per heavy atom. The Balaban J connectivity index is 1.27. The van der Waals surface area contributed by atoms with Gasteiger partial charge in [0.05, 0.1) is 16.7 Å². The maximum absolute atomic E-state index is 10.9. The lowest BCUT2D eigenvalue weighted by atomic mass is 10.2. The number of carboxylic acid groups (broad SMARTS) is 1. The summed E-state index contributed by atoms with van der Waals surface area (Å²) < 4.78 is 0. The van der Waals surface area contributed by atoms with E-state index in [4.69, 9.17) is 5.11 Å². The number of carboxylic acids is 1. The molecule has 0 atom stereocenters. The lowest BCUT2D eigenvalue weighted by Crippen LogP contribution is -2.26. The number of pyridine rings is 1. The molecular formula is C29H34N4O2S2. The summed E-state index contributed by atoms with van der Waals surface area (Å²) in [7, 11) is 0. The molecule has 0 bridgehead atoms. The molecule has 0 radical (unpaired) electrons. The molecular weight excluding hydrogens is 500 g/mol. The van der Waals surface area contributed by atoms with Crippen LogP contribution in [-0.2, 0) is 17.1 Å². The number of benzene rings is 2. The van der Waals surface area contributed by atoms with Crippen LogP contribution in [0.15, 0.2) is 76.9 Å². The van der Waals surface area contributed by atoms with Crippen LogP contribution in [-0.4, -0.2) is 49.8 Å². The minimum Gasteiger partial charge on any atom is -0.481 e. The number of hydrogen-bond donors (Lipinski definition) is 2. The number of H-pyrrole nitrogens is 1. The van der Waals surface area contributed by atoms with Gasteiger partial charge in [-0.1, -0.05) is 54.2 Å². The number of aliphatic carboxylic acids is 1. The van der Waals surface area contributed by atoms with Gasteiger partial charge in [-0.25, -0.2) is 4.98 Å². The van der Waals surface area contributed by atoms with Gasteiger partial charge < -0.3 is 10.1 Å². The Morgan fingerprint density at radius 1 is 0.973 bits per heavy atom. The number of aromatic nitrogens is 3. The van der Waals surface area contributed by atoms with Crippen molar-refractivity contribution in [3.8, 4) is 0 Å². The molecule has 4 rings (SSSR count). The van der Waals surface area contributed by atoms with E-state index in [2.05, 4.69) is 57.1 Å². The minimum absolute atomic E-state index is 0.243. The highest BCUT2D eigenvalue weighted by atomic mass is 32.2. The van der Waals surface area contributed by atoms with Crippen LogP contribution in [0.25, 0.3) is 11.0 Å². The van der Waals surface area contributed by atoms with Gasteiger partial charge in [0, 0.05) is 29.8 Å². The molecule has 0 unspecified atom stereocenters. The number of unbranched alkanes of at least 4 members (excludes halogenated alkanes) is 1. The Morgan fingerprint density at radius 2 is 1.76 bits per heavy atom. The maximum Gasteiger partial charge on any atom is 0.303 e. The zero-order valence-corrected chi connectivity index (χ0v) is 22.9. The third kappa shape index (κ3) is 8.62. The second-order valence-electron chi connectivity index (χ2n) is 9.04. The standard InChI is InChI=1S/C29H34N4O2S2/c1-22-26(21-37-29-31-24-12-5-6-13-25(24)32-29)30-16-15-27(22)36-19-9-18-33(17-8-7-14-28(34)35)20-23-10-3-2-4-11-23/h2-6,10-13,15-16H,7-9,14,17-21H2,1H3,(H,31,32)(H,34,35). The molecule has 4 aromatic rings. The van der Waals surface area contributed by atoms with Gasteiger partial charge in [-0.05, 0) is 74.4 Å². The molecule has 2 aromatic heterocycles. The molecule has 0 amide bonds. The Bertz CT molecular complexity index is 1250. The van der Waals surface area contributed by atoms with Crippen LogP contribution >= 0.6 is 23.5 Å². The fourth-order valence-corrected chi connectivity index (χ4v) is 6.08. The molecule has 8 heteroatoms. The topological polar surface area (TPSA) is 82.1 Å². The molecule has 0 saturated heterocycles. The lowest BCUT2D eigenvalue weighted by molar-refractivity contribution is -0.137. The van der Waals surface area contributed by atoms with E-state index >= 15 is 0 Å². The predicted molar refractivity (Wildman–Crippen MR) is 153 cm³/mol. The Labute approximate surface area is 227 Å².